The van der Waals surface area contributed by atoms with Crippen molar-refractivity contribution in [3.05, 3.63) is 65.5 Å². The minimum absolute atomic E-state index is 0.178. The zero-order valence-corrected chi connectivity index (χ0v) is 13.6. The summed E-state index contributed by atoms with van der Waals surface area (Å²) in [6.07, 6.45) is 0. The summed E-state index contributed by atoms with van der Waals surface area (Å²) in [5, 5.41) is 6.54. The number of ether oxygens (including phenoxy) is 1. The summed E-state index contributed by atoms with van der Waals surface area (Å²) in [6, 6.07) is 13.0. The number of hydrogen-bond acceptors (Lipinski definition) is 4. The SMILES string of the molecule is CCNC(=O)/C(=N/OC)c1ccccc1COc1ccc(F)cc1. The Bertz CT molecular complexity index is 714. The predicted molar refractivity (Wildman–Crippen MR) is 89.4 cm³/mol. The van der Waals surface area contributed by atoms with Crippen molar-refractivity contribution in [3.63, 3.8) is 0 Å². The molecule has 0 bridgehead atoms. The maximum atomic E-state index is 12.9. The first kappa shape index (κ1) is 17.5. The van der Waals surface area contributed by atoms with Crippen LogP contribution in [0.4, 0.5) is 4.39 Å². The van der Waals surface area contributed by atoms with Gasteiger partial charge in [-0.1, -0.05) is 29.4 Å². The van der Waals surface area contributed by atoms with Gasteiger partial charge in [-0.25, -0.2) is 4.39 Å². The molecule has 2 rings (SSSR count). The zero-order valence-electron chi connectivity index (χ0n) is 13.6. The number of nitrogens with zero attached hydrogens (tertiary/aromatic N) is 1. The highest BCUT2D eigenvalue weighted by Gasteiger charge is 2.18. The second-order valence-electron chi connectivity index (χ2n) is 4.88. The Morgan fingerprint density at radius 2 is 1.88 bits per heavy atom. The van der Waals surface area contributed by atoms with Gasteiger partial charge in [-0.3, -0.25) is 4.79 Å². The topological polar surface area (TPSA) is 59.9 Å². The number of likely N-dealkylation sites (N-methyl/N-ethyl adjacent to an activating group) is 1. The van der Waals surface area contributed by atoms with Gasteiger partial charge in [0.15, 0.2) is 5.71 Å². The van der Waals surface area contributed by atoms with Crippen molar-refractivity contribution in [3.8, 4) is 5.75 Å². The van der Waals surface area contributed by atoms with Crippen LogP contribution in [0.3, 0.4) is 0 Å². The van der Waals surface area contributed by atoms with Gasteiger partial charge in [-0.2, -0.15) is 0 Å². The third kappa shape index (κ3) is 4.55. The smallest absolute Gasteiger partial charge is 0.273 e. The van der Waals surface area contributed by atoms with E-state index in [1.807, 2.05) is 19.1 Å². The average Bonchev–Trinajstić information content (AvgIpc) is 2.60. The molecule has 2 aromatic rings. The maximum absolute atomic E-state index is 12.9. The van der Waals surface area contributed by atoms with Crippen LogP contribution in [0.2, 0.25) is 0 Å². The van der Waals surface area contributed by atoms with Gasteiger partial charge >= 0.3 is 0 Å². The molecule has 0 aliphatic rings. The Morgan fingerprint density at radius 3 is 2.54 bits per heavy atom. The first-order chi connectivity index (χ1) is 11.7. The van der Waals surface area contributed by atoms with Crippen LogP contribution < -0.4 is 10.1 Å². The lowest BCUT2D eigenvalue weighted by molar-refractivity contribution is -0.114. The van der Waals surface area contributed by atoms with E-state index in [4.69, 9.17) is 9.57 Å². The summed E-state index contributed by atoms with van der Waals surface area (Å²) in [5.74, 6) is -0.114. The van der Waals surface area contributed by atoms with Gasteiger partial charge in [0, 0.05) is 12.1 Å². The monoisotopic (exact) mass is 330 g/mol. The molecule has 0 aliphatic carbocycles. The van der Waals surface area contributed by atoms with Crippen molar-refractivity contribution < 1.29 is 18.8 Å². The first-order valence-electron chi connectivity index (χ1n) is 7.51. The van der Waals surface area contributed by atoms with Crippen molar-refractivity contribution in [2.45, 2.75) is 13.5 Å². The highest BCUT2D eigenvalue weighted by atomic mass is 19.1. The van der Waals surface area contributed by atoms with Crippen molar-refractivity contribution in [2.24, 2.45) is 5.16 Å². The molecule has 0 aromatic heterocycles. The second-order valence-corrected chi connectivity index (χ2v) is 4.88. The molecule has 24 heavy (non-hydrogen) atoms. The predicted octanol–water partition coefficient (Wildman–Crippen LogP) is 2.89. The third-order valence-electron chi connectivity index (χ3n) is 3.22. The summed E-state index contributed by atoms with van der Waals surface area (Å²) < 4.78 is 18.6. The van der Waals surface area contributed by atoms with E-state index in [1.54, 1.807) is 24.3 Å². The summed E-state index contributed by atoms with van der Waals surface area (Å²) >= 11 is 0. The number of amides is 1. The van der Waals surface area contributed by atoms with Crippen LogP contribution in [-0.4, -0.2) is 25.3 Å². The molecule has 1 N–H and O–H groups in total. The van der Waals surface area contributed by atoms with E-state index in [2.05, 4.69) is 10.5 Å². The summed E-state index contributed by atoms with van der Waals surface area (Å²) in [5.41, 5.74) is 1.56. The number of rotatable bonds is 7. The van der Waals surface area contributed by atoms with E-state index in [9.17, 15) is 9.18 Å². The van der Waals surface area contributed by atoms with Gasteiger partial charge in [0.1, 0.15) is 25.3 Å². The van der Waals surface area contributed by atoms with Crippen LogP contribution in [0, 0.1) is 5.82 Å². The van der Waals surface area contributed by atoms with E-state index in [0.717, 1.165) is 5.56 Å². The molecule has 5 nitrogen and oxygen atoms in total. The normalized spacial score (nSPS) is 11.0. The number of carbonyl (C=O) groups is 1. The van der Waals surface area contributed by atoms with Gasteiger partial charge in [0.25, 0.3) is 5.91 Å². The molecule has 0 spiro atoms. The van der Waals surface area contributed by atoms with Crippen LogP contribution in [-0.2, 0) is 16.2 Å². The fraction of sp³-hybridized carbons (Fsp3) is 0.222. The molecule has 0 atom stereocenters. The fourth-order valence-electron chi connectivity index (χ4n) is 2.12. The number of oxime groups is 1. The molecule has 6 heteroatoms. The summed E-state index contributed by atoms with van der Waals surface area (Å²) in [4.78, 5) is 17.0. The fourth-order valence-corrected chi connectivity index (χ4v) is 2.12. The number of benzene rings is 2. The lowest BCUT2D eigenvalue weighted by Gasteiger charge is -2.12. The van der Waals surface area contributed by atoms with Gasteiger partial charge < -0.3 is 14.9 Å². The molecule has 0 saturated carbocycles. The maximum Gasteiger partial charge on any atom is 0.273 e. The van der Waals surface area contributed by atoms with Crippen molar-refractivity contribution in [2.75, 3.05) is 13.7 Å². The quantitative estimate of drug-likeness (QED) is 0.627. The van der Waals surface area contributed by atoms with E-state index in [1.165, 1.54) is 19.2 Å². The van der Waals surface area contributed by atoms with Crippen molar-refractivity contribution in [1.29, 1.82) is 0 Å². The Morgan fingerprint density at radius 1 is 1.17 bits per heavy atom. The minimum atomic E-state index is -0.325. The Kier molecular flexibility index (Phi) is 6.31. The molecular weight excluding hydrogens is 311 g/mol. The lowest BCUT2D eigenvalue weighted by Crippen LogP contribution is -2.32. The molecule has 0 radical (unpaired) electrons. The van der Waals surface area contributed by atoms with Crippen LogP contribution in [0.5, 0.6) is 5.75 Å². The van der Waals surface area contributed by atoms with E-state index in [0.29, 0.717) is 17.9 Å². The molecule has 1 amide bonds. The molecule has 2 aromatic carbocycles. The molecular formula is C18H19FN2O3. The minimum Gasteiger partial charge on any atom is -0.489 e. The summed E-state index contributed by atoms with van der Waals surface area (Å²) in [6.45, 7) is 2.52. The van der Waals surface area contributed by atoms with Gasteiger partial charge in [-0.05, 0) is 36.8 Å². The van der Waals surface area contributed by atoms with E-state index >= 15 is 0 Å². The van der Waals surface area contributed by atoms with E-state index < -0.39 is 0 Å². The van der Waals surface area contributed by atoms with Crippen molar-refractivity contribution >= 4 is 11.6 Å². The Labute approximate surface area is 140 Å². The van der Waals surface area contributed by atoms with Gasteiger partial charge in [-0.15, -0.1) is 0 Å². The number of halogens is 1. The number of carbonyl (C=O) groups excluding carboxylic acids is 1. The second kappa shape index (κ2) is 8.67. The molecule has 0 fully saturated rings. The summed E-state index contributed by atoms with van der Waals surface area (Å²) in [7, 11) is 1.39. The van der Waals surface area contributed by atoms with Gasteiger partial charge in [0.2, 0.25) is 0 Å². The largest absolute Gasteiger partial charge is 0.489 e. The number of hydrogen-bond donors (Lipinski definition) is 1. The first-order valence-corrected chi connectivity index (χ1v) is 7.51. The highest BCUT2D eigenvalue weighted by Crippen LogP contribution is 2.16. The molecule has 0 saturated heterocycles. The average molecular weight is 330 g/mol. The highest BCUT2D eigenvalue weighted by molar-refractivity contribution is 6.45. The molecule has 126 valence electrons. The Hall–Kier alpha value is -2.89. The molecule has 0 aliphatic heterocycles. The van der Waals surface area contributed by atoms with Gasteiger partial charge in [0.05, 0.1) is 0 Å². The Balaban J connectivity index is 2.23. The standard InChI is InChI=1S/C18H19FN2O3/c1-3-20-18(22)17(21-23-2)16-7-5-4-6-13(16)12-24-15-10-8-14(19)9-11-15/h4-11H,3,12H2,1-2H3,(H,20,22)/b21-17+. The van der Waals surface area contributed by atoms with Crippen molar-refractivity contribution in [1.82, 2.24) is 5.32 Å². The van der Waals surface area contributed by atoms with Crippen LogP contribution in [0.25, 0.3) is 0 Å². The molecule has 0 unspecified atom stereocenters. The van der Waals surface area contributed by atoms with Crippen LogP contribution in [0.15, 0.2) is 53.7 Å². The number of nitrogens with one attached hydrogen (secondary N) is 1. The van der Waals surface area contributed by atoms with Crippen LogP contribution in [0.1, 0.15) is 18.1 Å². The lowest BCUT2D eigenvalue weighted by atomic mass is 10.0. The van der Waals surface area contributed by atoms with Crippen LogP contribution >= 0.6 is 0 Å². The third-order valence-corrected chi connectivity index (χ3v) is 3.22. The zero-order chi connectivity index (χ0) is 17.4. The molecule has 0 heterocycles. The van der Waals surface area contributed by atoms with E-state index in [-0.39, 0.29) is 24.0 Å².